The molecule has 5 heteroatoms. The van der Waals surface area contributed by atoms with Crippen LogP contribution in [0.15, 0.2) is 35.7 Å². The molecule has 0 aliphatic carbocycles. The first-order valence-electron chi connectivity index (χ1n) is 7.45. The molecule has 23 heavy (non-hydrogen) atoms. The highest BCUT2D eigenvalue weighted by Gasteiger charge is 2.12. The smallest absolute Gasteiger partial charge is 0.337 e. The number of carboxylic acids is 1. The van der Waals surface area contributed by atoms with Gasteiger partial charge in [0, 0.05) is 4.88 Å². The summed E-state index contributed by atoms with van der Waals surface area (Å²) in [6, 6.07) is 9.07. The predicted octanol–water partition coefficient (Wildman–Crippen LogP) is 4.56. The Labute approximate surface area is 140 Å². The van der Waals surface area contributed by atoms with Gasteiger partial charge in [-0.3, -0.25) is 0 Å². The van der Waals surface area contributed by atoms with Crippen LogP contribution in [0.4, 0.5) is 0 Å². The number of hydrogen-bond acceptors (Lipinski definition) is 4. The Kier molecular flexibility index (Phi) is 6.23. The van der Waals surface area contributed by atoms with E-state index in [2.05, 4.69) is 6.92 Å². The Morgan fingerprint density at radius 3 is 2.74 bits per heavy atom. The Balaban J connectivity index is 2.28. The summed E-state index contributed by atoms with van der Waals surface area (Å²) < 4.78 is 11.0. The summed E-state index contributed by atoms with van der Waals surface area (Å²) in [7, 11) is 1.58. The number of hydrogen-bond donors (Lipinski definition) is 1. The topological polar surface area (TPSA) is 55.8 Å². The molecule has 0 aliphatic rings. The van der Waals surface area contributed by atoms with Gasteiger partial charge in [-0.2, -0.15) is 0 Å². The van der Waals surface area contributed by atoms with Crippen LogP contribution in [0.25, 0.3) is 11.6 Å². The van der Waals surface area contributed by atoms with Gasteiger partial charge in [-0.05, 0) is 41.6 Å². The highest BCUT2D eigenvalue weighted by atomic mass is 32.1. The summed E-state index contributed by atoms with van der Waals surface area (Å²) in [6.07, 6.45) is 3.69. The van der Waals surface area contributed by atoms with Crippen molar-refractivity contribution in [2.75, 3.05) is 13.7 Å². The molecule has 2 aromatic rings. The first-order chi connectivity index (χ1) is 11.2. The average Bonchev–Trinajstić information content (AvgIpc) is 3.07. The molecule has 122 valence electrons. The van der Waals surface area contributed by atoms with Crippen molar-refractivity contribution in [1.82, 2.24) is 0 Å². The lowest BCUT2D eigenvalue weighted by atomic mass is 10.1. The molecule has 0 radical (unpaired) electrons. The van der Waals surface area contributed by atoms with Crippen molar-refractivity contribution in [3.63, 3.8) is 0 Å². The molecule has 0 aliphatic heterocycles. The van der Waals surface area contributed by atoms with E-state index in [9.17, 15) is 9.90 Å². The molecule has 0 amide bonds. The van der Waals surface area contributed by atoms with Crippen molar-refractivity contribution in [2.45, 2.75) is 19.8 Å². The number of aliphatic carboxylic acids is 1. The van der Waals surface area contributed by atoms with Crippen LogP contribution in [0, 0.1) is 0 Å². The van der Waals surface area contributed by atoms with E-state index < -0.39 is 5.97 Å². The van der Waals surface area contributed by atoms with Crippen molar-refractivity contribution in [3.05, 3.63) is 46.2 Å². The molecule has 2 rings (SSSR count). The summed E-state index contributed by atoms with van der Waals surface area (Å²) in [4.78, 5) is 12.2. The van der Waals surface area contributed by atoms with Gasteiger partial charge in [-0.15, -0.1) is 11.3 Å². The Bertz CT molecular complexity index is 674. The van der Waals surface area contributed by atoms with Crippen LogP contribution in [0.5, 0.6) is 11.5 Å². The Morgan fingerprint density at radius 1 is 1.30 bits per heavy atom. The zero-order chi connectivity index (χ0) is 16.7. The molecule has 1 aromatic carbocycles. The summed E-state index contributed by atoms with van der Waals surface area (Å²) >= 11 is 1.40. The summed E-state index contributed by atoms with van der Waals surface area (Å²) in [5.74, 6) is 0.326. The fourth-order valence-electron chi connectivity index (χ4n) is 2.06. The van der Waals surface area contributed by atoms with Crippen molar-refractivity contribution in [1.29, 1.82) is 0 Å². The quantitative estimate of drug-likeness (QED) is 0.569. The Hall–Kier alpha value is -2.27. The van der Waals surface area contributed by atoms with E-state index in [-0.39, 0.29) is 5.57 Å². The lowest BCUT2D eigenvalue weighted by molar-refractivity contribution is -0.130. The minimum Gasteiger partial charge on any atom is -0.493 e. The Morgan fingerprint density at radius 2 is 2.13 bits per heavy atom. The molecule has 1 aromatic heterocycles. The first-order valence-corrected chi connectivity index (χ1v) is 8.33. The summed E-state index contributed by atoms with van der Waals surface area (Å²) in [5, 5.41) is 11.3. The minimum absolute atomic E-state index is 0.265. The molecule has 4 nitrogen and oxygen atoms in total. The maximum Gasteiger partial charge on any atom is 0.337 e. The largest absolute Gasteiger partial charge is 0.493 e. The van der Waals surface area contributed by atoms with E-state index in [0.717, 1.165) is 23.3 Å². The van der Waals surface area contributed by atoms with E-state index in [1.165, 1.54) is 11.3 Å². The van der Waals surface area contributed by atoms with E-state index in [1.807, 2.05) is 23.6 Å². The zero-order valence-corrected chi connectivity index (χ0v) is 14.1. The molecule has 0 atom stereocenters. The van der Waals surface area contributed by atoms with Crippen molar-refractivity contribution in [3.8, 4) is 11.5 Å². The van der Waals surface area contributed by atoms with Gasteiger partial charge in [0.2, 0.25) is 0 Å². The molecule has 0 fully saturated rings. The third-order valence-electron chi connectivity index (χ3n) is 3.27. The number of carbonyl (C=O) groups is 1. The van der Waals surface area contributed by atoms with Crippen molar-refractivity contribution in [2.24, 2.45) is 0 Å². The summed E-state index contributed by atoms with van der Waals surface area (Å²) in [5.41, 5.74) is 1.03. The molecule has 0 bridgehead atoms. The fraction of sp³-hybridized carbons (Fsp3) is 0.278. The van der Waals surface area contributed by atoms with Crippen LogP contribution >= 0.6 is 11.3 Å². The number of benzene rings is 1. The van der Waals surface area contributed by atoms with Gasteiger partial charge in [-0.1, -0.05) is 25.5 Å². The van der Waals surface area contributed by atoms with Crippen molar-refractivity contribution >= 4 is 29.0 Å². The maximum absolute atomic E-state index is 11.5. The summed E-state index contributed by atoms with van der Waals surface area (Å²) in [6.45, 7) is 2.74. The fourth-order valence-corrected chi connectivity index (χ4v) is 2.79. The van der Waals surface area contributed by atoms with Crippen LogP contribution in [0.3, 0.4) is 0 Å². The molecule has 1 heterocycles. The maximum atomic E-state index is 11.5. The first kappa shape index (κ1) is 17.1. The zero-order valence-electron chi connectivity index (χ0n) is 13.2. The standard InChI is InChI=1S/C18H20O4S/c1-3-4-9-22-15-8-7-13(12-16(15)21-2)11-14(18(19)20)17-6-5-10-23-17/h5-8,10-12H,3-4,9H2,1-2H3,(H,19,20)/b14-11+. The lowest BCUT2D eigenvalue weighted by Crippen LogP contribution is -2.00. The van der Waals surface area contributed by atoms with Gasteiger partial charge in [0.1, 0.15) is 0 Å². The second kappa shape index (κ2) is 8.39. The average molecular weight is 332 g/mol. The molecule has 0 saturated heterocycles. The van der Waals surface area contributed by atoms with Gasteiger partial charge in [0.05, 0.1) is 19.3 Å². The molecular weight excluding hydrogens is 312 g/mol. The van der Waals surface area contributed by atoms with Gasteiger partial charge in [0.15, 0.2) is 11.5 Å². The highest BCUT2D eigenvalue weighted by Crippen LogP contribution is 2.30. The predicted molar refractivity (Wildman–Crippen MR) is 93.2 cm³/mol. The molecule has 0 unspecified atom stereocenters. The van der Waals surface area contributed by atoms with Crippen LogP contribution < -0.4 is 9.47 Å². The molecule has 0 spiro atoms. The number of thiophene rings is 1. The van der Waals surface area contributed by atoms with Crippen LogP contribution in [-0.4, -0.2) is 24.8 Å². The van der Waals surface area contributed by atoms with Crippen LogP contribution in [-0.2, 0) is 4.79 Å². The van der Waals surface area contributed by atoms with E-state index in [0.29, 0.717) is 18.1 Å². The second-order valence-electron chi connectivity index (χ2n) is 4.95. The number of methoxy groups -OCH3 is 1. The monoisotopic (exact) mass is 332 g/mol. The van der Waals surface area contributed by atoms with E-state index in [1.54, 1.807) is 25.3 Å². The number of rotatable bonds is 8. The van der Waals surface area contributed by atoms with Gasteiger partial charge >= 0.3 is 5.97 Å². The van der Waals surface area contributed by atoms with Gasteiger partial charge in [0.25, 0.3) is 0 Å². The van der Waals surface area contributed by atoms with Gasteiger partial charge < -0.3 is 14.6 Å². The normalized spacial score (nSPS) is 11.3. The second-order valence-corrected chi connectivity index (χ2v) is 5.90. The molecule has 1 N–H and O–H groups in total. The SMILES string of the molecule is CCCCOc1ccc(/C=C(/C(=O)O)c2cccs2)cc1OC. The third-order valence-corrected chi connectivity index (χ3v) is 4.17. The highest BCUT2D eigenvalue weighted by molar-refractivity contribution is 7.11. The minimum atomic E-state index is -0.949. The van der Waals surface area contributed by atoms with Gasteiger partial charge in [-0.25, -0.2) is 4.79 Å². The number of unbranched alkanes of at least 4 members (excludes halogenated alkanes) is 1. The third kappa shape index (κ3) is 4.60. The van der Waals surface area contributed by atoms with Crippen molar-refractivity contribution < 1.29 is 19.4 Å². The number of ether oxygens (including phenoxy) is 2. The van der Waals surface area contributed by atoms with Crippen LogP contribution in [0.2, 0.25) is 0 Å². The van der Waals surface area contributed by atoms with Crippen LogP contribution in [0.1, 0.15) is 30.2 Å². The molecule has 0 saturated carbocycles. The van der Waals surface area contributed by atoms with E-state index in [4.69, 9.17) is 9.47 Å². The lowest BCUT2D eigenvalue weighted by Gasteiger charge is -2.11. The number of carboxylic acid groups (broad SMARTS) is 1. The van der Waals surface area contributed by atoms with E-state index >= 15 is 0 Å². The molecular formula is C18H20O4S.